The quantitative estimate of drug-likeness (QED) is 0.0144. The molecule has 29 nitrogen and oxygen atoms in total. The monoisotopic (exact) mass is 1900 g/mol. The number of nitrogens with one attached hydrogen (secondary N) is 3. The summed E-state index contributed by atoms with van der Waals surface area (Å²) in [6.07, 6.45) is 12.1. The summed E-state index contributed by atoms with van der Waals surface area (Å²) in [6.45, 7) is 31.8. The number of benzene rings is 3. The second-order valence-corrected chi connectivity index (χ2v) is 41.7. The standard InChI is InChI=1S/C45H57ClN4O9.C33H42BrNO9S.C18H20ClN3O3/c1-9-13-56-36-12-11-30-37(19-32(48-40(30)39(36)46)33-23-57-43(49-33)47-24(3)4)58-29-17-34(35(51)21-45(42(54)55-8)20-27(45)10-2)50(22-29)41(53)31(44(5,6)7)18-38(52)59-28-15-25-14-26(25)16-28;1-6-21-16-33(21,31(39)42-5)17-28(36)27-14-24(44-45(40,41)25-9-7-22(34)8-10-25)18-35(27)30(38)26(32(2,3)4)15-29(37)43-23-12-19-11-20(19)13-23;1-4-7-24-15-6-5-11-14(23)8-12(21-17(11)16(15)19)13-9-25-18(22-13)20-10(2)3/h10-12,19,23-29,31,34H,2,9,13-18,20-22H2,1,3-8H3,(H,47,49);6-10,19-21,23-24,26-27H,1,11-18H2,2-5H3;5-6,8-10H,4,7H2,1-3H3,(H,20,22)(H,21,23)/t25-,26+,27-,28?,29+,31-,34+,45-;19-,20+,21-,23?,24+,26-,27+,33-;/m11./s1. The summed E-state index contributed by atoms with van der Waals surface area (Å²) in [5, 5.41) is 8.00. The number of methoxy groups -OCH3 is 2. The van der Waals surface area contributed by atoms with E-state index in [9.17, 15) is 51.6 Å². The van der Waals surface area contributed by atoms with Crippen molar-refractivity contribution in [1.82, 2.24) is 29.7 Å². The van der Waals surface area contributed by atoms with E-state index in [0.29, 0.717) is 138 Å². The molecule has 129 heavy (non-hydrogen) atoms. The summed E-state index contributed by atoms with van der Waals surface area (Å²) in [5.41, 5.74) is -0.707. The number of allylic oxidation sites excluding steroid dienone is 2. The first-order valence-corrected chi connectivity index (χ1v) is 47.6. The van der Waals surface area contributed by atoms with Crippen molar-refractivity contribution < 1.29 is 92.9 Å². The minimum Gasteiger partial charge on any atom is -0.492 e. The number of halogens is 3. The third-order valence-corrected chi connectivity index (χ3v) is 28.6. The van der Waals surface area contributed by atoms with Gasteiger partial charge in [-0.3, -0.25) is 47.3 Å². The molecular formula is C96H119BrCl2N8O21S. The molecule has 6 heterocycles. The van der Waals surface area contributed by atoms with Crippen LogP contribution in [0.2, 0.25) is 10.0 Å². The molecule has 2 aliphatic heterocycles. The molecule has 8 aliphatic rings. The number of carbonyl (C=O) groups is 8. The van der Waals surface area contributed by atoms with E-state index in [2.05, 4.69) is 54.7 Å². The maximum absolute atomic E-state index is 14.9. The number of pyridine rings is 2. The largest absolute Gasteiger partial charge is 0.492 e. The molecule has 4 aromatic heterocycles. The number of fused-ring (bicyclic) bond motifs is 4. The minimum absolute atomic E-state index is 0.0515. The Morgan fingerprint density at radius 1 is 0.597 bits per heavy atom. The highest BCUT2D eigenvalue weighted by Crippen LogP contribution is 2.60. The predicted molar refractivity (Wildman–Crippen MR) is 489 cm³/mol. The molecule has 2 unspecified atom stereocenters. The molecule has 0 radical (unpaired) electrons. The number of aromatic nitrogens is 4. The average Bonchev–Trinajstić information content (AvgIpc) is 1.57. The number of carbonyl (C=O) groups excluding carboxylic acids is 8. The van der Waals surface area contributed by atoms with E-state index in [1.54, 1.807) is 53.5 Å². The SMILES string of the molecule is C=C[C@@H]1C[C@]1(CC(=O)[C@@H]1C[C@H](OS(=O)(=O)c2ccc(Br)cc2)CN1C(=O)[C@@H](CC(=O)OC1C[C@@H]2C[C@@H]2C1)C(C)(C)C)C(=O)OC.C=C[C@@H]1C[C@]1(CC(=O)[C@@H]1C[C@H](Oc2cc(-c3coc(NC(C)C)n3)nc3c(Cl)c(OCCC)ccc23)CN1C(=O)[C@@H](CC(=O)OC1C[C@@H]2C[C@@H]2C1)C(C)(C)C)C(=O)OC.CCCOc1ccc2c(=O)cc(-c3coc(NC(C)C)n3)[nH]c2c1Cl. The fourth-order valence-electron chi connectivity index (χ4n) is 18.6. The maximum Gasteiger partial charge on any atom is 0.312 e. The summed E-state index contributed by atoms with van der Waals surface area (Å²) in [4.78, 5) is 142. The van der Waals surface area contributed by atoms with Gasteiger partial charge in [-0.1, -0.05) is 107 Å². The highest BCUT2D eigenvalue weighted by Gasteiger charge is 2.63. The molecule has 6 aliphatic carbocycles. The van der Waals surface area contributed by atoms with E-state index in [1.807, 2.05) is 89.2 Å². The molecule has 2 amide bonds. The van der Waals surface area contributed by atoms with Crippen LogP contribution in [0.3, 0.4) is 0 Å². The minimum atomic E-state index is -4.23. The summed E-state index contributed by atoms with van der Waals surface area (Å²) in [5.74, 6) is -1.49. The summed E-state index contributed by atoms with van der Waals surface area (Å²) in [7, 11) is -1.66. The van der Waals surface area contributed by atoms with Gasteiger partial charge < -0.3 is 67.4 Å². The third-order valence-electron chi connectivity index (χ3n) is 26.0. The maximum atomic E-state index is 14.9. The van der Waals surface area contributed by atoms with Crippen molar-refractivity contribution in [2.45, 2.75) is 239 Å². The molecule has 0 spiro atoms. The predicted octanol–water partition coefficient (Wildman–Crippen LogP) is 17.5. The molecule has 3 N–H and O–H groups in total. The number of oxazole rings is 2. The van der Waals surface area contributed by atoms with Crippen LogP contribution < -0.4 is 30.3 Å². The molecule has 16 atom stereocenters. The zero-order valence-corrected chi connectivity index (χ0v) is 79.6. The van der Waals surface area contributed by atoms with E-state index in [0.717, 1.165) is 38.5 Å². The number of rotatable bonds is 35. The number of hydrogen-bond donors (Lipinski definition) is 3. The molecule has 3 aromatic carbocycles. The first-order chi connectivity index (χ1) is 61.1. The summed E-state index contributed by atoms with van der Waals surface area (Å²) in [6, 6.07) is 15.2. The molecule has 8 fully saturated rings. The van der Waals surface area contributed by atoms with Gasteiger partial charge in [-0.15, -0.1) is 13.2 Å². The van der Waals surface area contributed by atoms with Crippen LogP contribution in [0.5, 0.6) is 17.2 Å². The van der Waals surface area contributed by atoms with E-state index in [4.69, 9.17) is 74.4 Å². The number of nitrogens with zero attached hydrogens (tertiary/aromatic N) is 5. The lowest BCUT2D eigenvalue weighted by molar-refractivity contribution is -0.157. The van der Waals surface area contributed by atoms with Crippen LogP contribution in [0.4, 0.5) is 12.0 Å². The number of ether oxygens (including phenoxy) is 7. The van der Waals surface area contributed by atoms with E-state index >= 15 is 0 Å². The fourth-order valence-corrected chi connectivity index (χ4v) is 20.4. The smallest absolute Gasteiger partial charge is 0.312 e. The van der Waals surface area contributed by atoms with Crippen LogP contribution in [-0.4, -0.2) is 175 Å². The molecule has 15 rings (SSSR count). The normalized spacial score (nSPS) is 25.0. The Bertz CT molecular complexity index is 5550. The average molecular weight is 1900 g/mol. The Morgan fingerprint density at radius 3 is 1.51 bits per heavy atom. The molecule has 7 aromatic rings. The van der Waals surface area contributed by atoms with Crippen LogP contribution in [0.1, 0.15) is 186 Å². The highest BCUT2D eigenvalue weighted by molar-refractivity contribution is 9.10. The molecule has 6 saturated carbocycles. The highest BCUT2D eigenvalue weighted by atomic mass is 79.9. The third kappa shape index (κ3) is 22.4. The first kappa shape index (κ1) is 96.9. The van der Waals surface area contributed by atoms with E-state index in [-0.39, 0.29) is 110 Å². The Kier molecular flexibility index (Phi) is 29.9. The lowest BCUT2D eigenvalue weighted by atomic mass is 9.77. The van der Waals surface area contributed by atoms with Crippen LogP contribution in [0, 0.1) is 69.0 Å². The second kappa shape index (κ2) is 39.8. The van der Waals surface area contributed by atoms with Gasteiger partial charge in [0.05, 0.1) is 115 Å². The van der Waals surface area contributed by atoms with Crippen LogP contribution in [0.25, 0.3) is 44.6 Å². The number of esters is 4. The van der Waals surface area contributed by atoms with Crippen LogP contribution in [0.15, 0.2) is 121 Å². The number of Topliss-reactive ketones (excluding diaryl/α,β-unsaturated/α-hetero) is 2. The molecule has 2 saturated heterocycles. The Hall–Kier alpha value is -9.69. The van der Waals surface area contributed by atoms with Gasteiger partial charge in [0.2, 0.25) is 11.8 Å². The van der Waals surface area contributed by atoms with Gasteiger partial charge in [0, 0.05) is 71.7 Å². The van der Waals surface area contributed by atoms with Gasteiger partial charge in [0.15, 0.2) is 17.0 Å². The lowest BCUT2D eigenvalue weighted by Gasteiger charge is -2.35. The number of ketones is 2. The topological polar surface area (TPSA) is 373 Å². The lowest BCUT2D eigenvalue weighted by Crippen LogP contribution is -2.48. The molecule has 33 heteroatoms. The summed E-state index contributed by atoms with van der Waals surface area (Å²) < 4.78 is 83.9. The van der Waals surface area contributed by atoms with Crippen molar-refractivity contribution in [2.24, 2.45) is 69.0 Å². The zero-order valence-electron chi connectivity index (χ0n) is 75.7. The van der Waals surface area contributed by atoms with Gasteiger partial charge >= 0.3 is 23.9 Å². The van der Waals surface area contributed by atoms with Crippen molar-refractivity contribution in [3.63, 3.8) is 0 Å². The van der Waals surface area contributed by atoms with Crippen molar-refractivity contribution >= 4 is 130 Å². The van der Waals surface area contributed by atoms with Crippen molar-refractivity contribution in [1.29, 1.82) is 0 Å². The molecule has 696 valence electrons. The molecule has 0 bridgehead atoms. The first-order valence-electron chi connectivity index (χ1n) is 44.6. The van der Waals surface area contributed by atoms with Crippen molar-refractivity contribution in [3.05, 3.63) is 123 Å². The van der Waals surface area contributed by atoms with Gasteiger partial charge in [-0.2, -0.15) is 18.4 Å². The number of H-pyrrole nitrogens is 1. The van der Waals surface area contributed by atoms with Gasteiger partial charge in [-0.05, 0) is 187 Å². The number of hydrogen-bond acceptors (Lipinski definition) is 26. The van der Waals surface area contributed by atoms with Gasteiger partial charge in [0.25, 0.3) is 22.1 Å². The number of aromatic amines is 1. The van der Waals surface area contributed by atoms with E-state index in [1.165, 1.54) is 62.7 Å². The van der Waals surface area contributed by atoms with Crippen LogP contribution in [-0.2, 0) is 71.6 Å². The zero-order chi connectivity index (χ0) is 93.3. The fraction of sp³-hybridized carbons (Fsp3) is 0.562. The van der Waals surface area contributed by atoms with E-state index < -0.39 is 103 Å². The Balaban J connectivity index is 0.000000178. The van der Waals surface area contributed by atoms with Gasteiger partial charge in [0.1, 0.15) is 69.5 Å². The Labute approximate surface area is 770 Å². The van der Waals surface area contributed by atoms with Crippen molar-refractivity contribution in [3.8, 4) is 40.0 Å². The molecular weight excluding hydrogens is 1780 g/mol. The summed E-state index contributed by atoms with van der Waals surface area (Å²) >= 11 is 16.7. The second-order valence-electron chi connectivity index (χ2n) is 38.4. The van der Waals surface area contributed by atoms with Crippen LogP contribution >= 0.6 is 39.1 Å². The Morgan fingerprint density at radius 2 is 1.05 bits per heavy atom. The van der Waals surface area contributed by atoms with Gasteiger partial charge in [-0.25, -0.2) is 4.98 Å². The number of amides is 2. The number of anilines is 2. The number of likely N-dealkylation sites (tertiary alicyclic amines) is 2. The van der Waals surface area contributed by atoms with Crippen molar-refractivity contribution in [2.75, 3.05) is 51.2 Å².